The van der Waals surface area contributed by atoms with E-state index in [-0.39, 0.29) is 0 Å². The van der Waals surface area contributed by atoms with Gasteiger partial charge in [0.25, 0.3) is 5.89 Å². The molecule has 0 aliphatic carbocycles. The van der Waals surface area contributed by atoms with Crippen molar-refractivity contribution in [3.05, 3.63) is 35.7 Å². The third-order valence-electron chi connectivity index (χ3n) is 3.06. The van der Waals surface area contributed by atoms with Gasteiger partial charge in [0.15, 0.2) is 5.82 Å². The number of anilines is 1. The average Bonchev–Trinajstić information content (AvgIpc) is 3.03. The van der Waals surface area contributed by atoms with E-state index in [4.69, 9.17) is 10.3 Å². The number of benzene rings is 1. The first kappa shape index (κ1) is 11.5. The Bertz CT molecular complexity index is 715. The van der Waals surface area contributed by atoms with E-state index < -0.39 is 0 Å². The standard InChI is InChI=1S/C13H13N5O/c1-7-5-9(14)6-10(8(7)2)13-17-12(18-19-13)11-15-3-4-16-11/h3-6H,14H2,1-2H3,(H,15,16). The summed E-state index contributed by atoms with van der Waals surface area (Å²) in [7, 11) is 0. The highest BCUT2D eigenvalue weighted by atomic mass is 16.5. The largest absolute Gasteiger partial charge is 0.399 e. The number of imidazole rings is 1. The SMILES string of the molecule is Cc1cc(N)cc(-c2nc(-c3ncc[nH]3)no2)c1C. The molecule has 0 saturated heterocycles. The monoisotopic (exact) mass is 255 g/mol. The van der Waals surface area contributed by atoms with Crippen LogP contribution in [-0.2, 0) is 0 Å². The molecule has 0 atom stereocenters. The van der Waals surface area contributed by atoms with Gasteiger partial charge in [-0.15, -0.1) is 0 Å². The summed E-state index contributed by atoms with van der Waals surface area (Å²) >= 11 is 0. The van der Waals surface area contributed by atoms with Crippen LogP contribution in [0.15, 0.2) is 29.0 Å². The fourth-order valence-electron chi connectivity index (χ4n) is 1.93. The number of aromatic nitrogens is 4. The lowest BCUT2D eigenvalue weighted by molar-refractivity contribution is 0.431. The van der Waals surface area contributed by atoms with Gasteiger partial charge in [-0.05, 0) is 37.1 Å². The van der Waals surface area contributed by atoms with Crippen LogP contribution in [-0.4, -0.2) is 20.1 Å². The molecule has 1 aromatic carbocycles. The van der Waals surface area contributed by atoms with E-state index in [1.807, 2.05) is 26.0 Å². The van der Waals surface area contributed by atoms with E-state index in [9.17, 15) is 0 Å². The average molecular weight is 255 g/mol. The Labute approximate surface area is 109 Å². The van der Waals surface area contributed by atoms with Crippen molar-refractivity contribution in [2.45, 2.75) is 13.8 Å². The van der Waals surface area contributed by atoms with Crippen molar-refractivity contribution >= 4 is 5.69 Å². The van der Waals surface area contributed by atoms with Gasteiger partial charge in [-0.1, -0.05) is 5.16 Å². The van der Waals surface area contributed by atoms with Crippen LogP contribution >= 0.6 is 0 Å². The minimum absolute atomic E-state index is 0.430. The third-order valence-corrected chi connectivity index (χ3v) is 3.06. The predicted molar refractivity (Wildman–Crippen MR) is 71.2 cm³/mol. The van der Waals surface area contributed by atoms with Crippen LogP contribution < -0.4 is 5.73 Å². The van der Waals surface area contributed by atoms with Crippen LogP contribution in [0.5, 0.6) is 0 Å². The lowest BCUT2D eigenvalue weighted by Crippen LogP contribution is -1.93. The van der Waals surface area contributed by atoms with Crippen molar-refractivity contribution in [1.29, 1.82) is 0 Å². The normalized spacial score (nSPS) is 10.8. The van der Waals surface area contributed by atoms with Crippen molar-refractivity contribution in [1.82, 2.24) is 20.1 Å². The summed E-state index contributed by atoms with van der Waals surface area (Å²) in [6, 6.07) is 3.75. The zero-order chi connectivity index (χ0) is 13.4. The molecule has 0 amide bonds. The number of hydrogen-bond donors (Lipinski definition) is 2. The van der Waals surface area contributed by atoms with E-state index in [0.717, 1.165) is 16.7 Å². The summed E-state index contributed by atoms with van der Waals surface area (Å²) in [5, 5.41) is 3.91. The molecule has 3 aromatic rings. The fourth-order valence-corrected chi connectivity index (χ4v) is 1.93. The summed E-state index contributed by atoms with van der Waals surface area (Å²) in [5.74, 6) is 1.45. The maximum Gasteiger partial charge on any atom is 0.258 e. The molecule has 19 heavy (non-hydrogen) atoms. The van der Waals surface area contributed by atoms with Crippen molar-refractivity contribution < 1.29 is 4.52 Å². The second-order valence-electron chi connectivity index (χ2n) is 4.37. The van der Waals surface area contributed by atoms with E-state index in [1.54, 1.807) is 12.4 Å². The van der Waals surface area contributed by atoms with Crippen molar-refractivity contribution in [2.75, 3.05) is 5.73 Å². The second kappa shape index (κ2) is 4.24. The summed E-state index contributed by atoms with van der Waals surface area (Å²) in [6.07, 6.45) is 3.35. The van der Waals surface area contributed by atoms with Gasteiger partial charge in [-0.2, -0.15) is 4.98 Å². The minimum Gasteiger partial charge on any atom is -0.399 e. The summed E-state index contributed by atoms with van der Waals surface area (Å²) in [4.78, 5) is 11.4. The number of H-pyrrole nitrogens is 1. The molecule has 96 valence electrons. The molecule has 3 N–H and O–H groups in total. The molecule has 3 rings (SSSR count). The first-order chi connectivity index (χ1) is 9.15. The van der Waals surface area contributed by atoms with Gasteiger partial charge in [0, 0.05) is 23.6 Å². The molecular formula is C13H13N5O. The van der Waals surface area contributed by atoms with E-state index in [2.05, 4.69) is 20.1 Å². The zero-order valence-corrected chi connectivity index (χ0v) is 10.6. The molecule has 2 heterocycles. The first-order valence-electron chi connectivity index (χ1n) is 5.85. The van der Waals surface area contributed by atoms with Crippen molar-refractivity contribution in [3.63, 3.8) is 0 Å². The van der Waals surface area contributed by atoms with E-state index in [0.29, 0.717) is 23.2 Å². The molecule has 0 unspecified atom stereocenters. The Hall–Kier alpha value is -2.63. The topological polar surface area (TPSA) is 93.6 Å². The number of nitrogens with one attached hydrogen (secondary N) is 1. The second-order valence-corrected chi connectivity index (χ2v) is 4.37. The molecule has 0 fully saturated rings. The lowest BCUT2D eigenvalue weighted by atomic mass is 10.0. The fraction of sp³-hybridized carbons (Fsp3) is 0.154. The van der Waals surface area contributed by atoms with Crippen LogP contribution in [0.3, 0.4) is 0 Å². The van der Waals surface area contributed by atoms with Gasteiger partial charge in [0.05, 0.1) is 0 Å². The number of hydrogen-bond acceptors (Lipinski definition) is 5. The van der Waals surface area contributed by atoms with E-state index >= 15 is 0 Å². The maximum absolute atomic E-state index is 5.86. The Morgan fingerprint density at radius 1 is 1.26 bits per heavy atom. The van der Waals surface area contributed by atoms with Gasteiger partial charge in [0.1, 0.15) is 0 Å². The van der Waals surface area contributed by atoms with Gasteiger partial charge >= 0.3 is 0 Å². The Morgan fingerprint density at radius 2 is 2.11 bits per heavy atom. The van der Waals surface area contributed by atoms with E-state index in [1.165, 1.54) is 0 Å². The molecule has 6 heteroatoms. The predicted octanol–water partition coefficient (Wildman–Crippen LogP) is 2.33. The number of aromatic amines is 1. The van der Waals surface area contributed by atoms with Gasteiger partial charge in [-0.3, -0.25) is 0 Å². The summed E-state index contributed by atoms with van der Waals surface area (Å²) < 4.78 is 5.29. The maximum atomic E-state index is 5.86. The van der Waals surface area contributed by atoms with Crippen molar-refractivity contribution in [3.8, 4) is 23.1 Å². The van der Waals surface area contributed by atoms with Crippen LogP contribution in [0.4, 0.5) is 5.69 Å². The number of nitrogens with zero attached hydrogens (tertiary/aromatic N) is 3. The molecule has 0 bridgehead atoms. The summed E-state index contributed by atoms with van der Waals surface area (Å²) in [6.45, 7) is 4.00. The lowest BCUT2D eigenvalue weighted by Gasteiger charge is -2.06. The van der Waals surface area contributed by atoms with Gasteiger partial charge in [-0.25, -0.2) is 4.98 Å². The number of nitrogen functional groups attached to an aromatic ring is 1. The Kier molecular flexibility index (Phi) is 2.56. The number of nitrogens with two attached hydrogens (primary N) is 1. The highest BCUT2D eigenvalue weighted by molar-refractivity contribution is 5.67. The molecule has 0 spiro atoms. The number of aryl methyl sites for hydroxylation is 1. The molecule has 0 radical (unpaired) electrons. The smallest absolute Gasteiger partial charge is 0.258 e. The molecular weight excluding hydrogens is 242 g/mol. The highest BCUT2D eigenvalue weighted by Gasteiger charge is 2.15. The minimum atomic E-state index is 0.430. The molecule has 6 nitrogen and oxygen atoms in total. The highest BCUT2D eigenvalue weighted by Crippen LogP contribution is 2.28. The molecule has 0 aliphatic rings. The zero-order valence-electron chi connectivity index (χ0n) is 10.6. The van der Waals surface area contributed by atoms with Crippen LogP contribution in [0, 0.1) is 13.8 Å². The van der Waals surface area contributed by atoms with Crippen molar-refractivity contribution in [2.24, 2.45) is 0 Å². The molecule has 0 aliphatic heterocycles. The number of rotatable bonds is 2. The quantitative estimate of drug-likeness (QED) is 0.685. The van der Waals surface area contributed by atoms with Crippen LogP contribution in [0.2, 0.25) is 0 Å². The Morgan fingerprint density at radius 3 is 2.84 bits per heavy atom. The van der Waals surface area contributed by atoms with Gasteiger partial charge < -0.3 is 15.2 Å². The molecule has 0 saturated carbocycles. The third kappa shape index (κ3) is 1.97. The Balaban J connectivity index is 2.09. The van der Waals surface area contributed by atoms with Gasteiger partial charge in [0.2, 0.25) is 5.82 Å². The molecule has 2 aromatic heterocycles. The van der Waals surface area contributed by atoms with Crippen LogP contribution in [0.25, 0.3) is 23.1 Å². The summed E-state index contributed by atoms with van der Waals surface area (Å²) in [5.41, 5.74) is 9.55. The first-order valence-corrected chi connectivity index (χ1v) is 5.85. The van der Waals surface area contributed by atoms with Crippen LogP contribution in [0.1, 0.15) is 11.1 Å².